The second-order valence-electron chi connectivity index (χ2n) is 8.51. The number of carbonyl (C=O) groups excluding carboxylic acids is 1. The van der Waals surface area contributed by atoms with E-state index in [2.05, 4.69) is 10.1 Å². The minimum Gasteiger partial charge on any atom is -0.321 e. The van der Waals surface area contributed by atoms with Crippen LogP contribution in [0.5, 0.6) is 0 Å². The van der Waals surface area contributed by atoms with Gasteiger partial charge in [-0.1, -0.05) is 54.1 Å². The maximum atomic E-state index is 13.4. The number of benzene rings is 3. The van der Waals surface area contributed by atoms with Crippen LogP contribution in [0, 0.1) is 0 Å². The SMILES string of the molecule is CC(=O)N1N=C(c2c(-c3ccccc3)c3cc(Cl)ccc3[nH]c2=O)CC1c1ccc(C(F)(F)F)cc1. The Morgan fingerprint density at radius 3 is 2.36 bits per heavy atom. The molecule has 1 aromatic heterocycles. The summed E-state index contributed by atoms with van der Waals surface area (Å²) in [5, 5.41) is 6.90. The van der Waals surface area contributed by atoms with Crippen molar-refractivity contribution in [3.05, 3.63) is 105 Å². The number of hydrogen-bond donors (Lipinski definition) is 1. The second kappa shape index (κ2) is 8.95. The molecule has 1 aliphatic heterocycles. The summed E-state index contributed by atoms with van der Waals surface area (Å²) in [6.45, 7) is 1.33. The average molecular weight is 510 g/mol. The van der Waals surface area contributed by atoms with Crippen molar-refractivity contribution in [1.82, 2.24) is 9.99 Å². The van der Waals surface area contributed by atoms with Crippen LogP contribution in [-0.2, 0) is 11.0 Å². The molecule has 0 aliphatic carbocycles. The van der Waals surface area contributed by atoms with E-state index in [1.165, 1.54) is 24.1 Å². The number of hydrogen-bond acceptors (Lipinski definition) is 3. The van der Waals surface area contributed by atoms with Crippen molar-refractivity contribution in [2.75, 3.05) is 0 Å². The number of alkyl halides is 3. The first-order chi connectivity index (χ1) is 17.1. The fourth-order valence-corrected chi connectivity index (χ4v) is 4.72. The lowest BCUT2D eigenvalue weighted by Gasteiger charge is -2.21. The first-order valence-electron chi connectivity index (χ1n) is 11.1. The van der Waals surface area contributed by atoms with Gasteiger partial charge in [-0.3, -0.25) is 9.59 Å². The van der Waals surface area contributed by atoms with Gasteiger partial charge in [-0.25, -0.2) is 5.01 Å². The molecular formula is C27H19ClF3N3O2. The number of amides is 1. The molecule has 4 aromatic rings. The molecule has 36 heavy (non-hydrogen) atoms. The van der Waals surface area contributed by atoms with E-state index in [0.29, 0.717) is 32.8 Å². The highest BCUT2D eigenvalue weighted by Gasteiger charge is 2.35. The summed E-state index contributed by atoms with van der Waals surface area (Å²) < 4.78 is 39.2. The van der Waals surface area contributed by atoms with Gasteiger partial charge < -0.3 is 4.98 Å². The Morgan fingerprint density at radius 2 is 1.72 bits per heavy atom. The van der Waals surface area contributed by atoms with Crippen molar-refractivity contribution in [3.63, 3.8) is 0 Å². The van der Waals surface area contributed by atoms with Crippen molar-refractivity contribution >= 4 is 34.1 Å². The zero-order valence-corrected chi connectivity index (χ0v) is 19.7. The van der Waals surface area contributed by atoms with Crippen LogP contribution in [-0.4, -0.2) is 21.6 Å². The predicted octanol–water partition coefficient (Wildman–Crippen LogP) is 6.56. The van der Waals surface area contributed by atoms with Gasteiger partial charge in [0.2, 0.25) is 5.91 Å². The van der Waals surface area contributed by atoms with Gasteiger partial charge >= 0.3 is 6.18 Å². The molecule has 9 heteroatoms. The zero-order chi connectivity index (χ0) is 25.6. The lowest BCUT2D eigenvalue weighted by Crippen LogP contribution is -2.24. The van der Waals surface area contributed by atoms with E-state index in [1.807, 2.05) is 30.3 Å². The van der Waals surface area contributed by atoms with Crippen LogP contribution >= 0.6 is 11.6 Å². The topological polar surface area (TPSA) is 65.5 Å². The molecule has 0 spiro atoms. The summed E-state index contributed by atoms with van der Waals surface area (Å²) in [6, 6.07) is 18.4. The maximum absolute atomic E-state index is 13.4. The summed E-state index contributed by atoms with van der Waals surface area (Å²) in [6.07, 6.45) is -4.32. The smallest absolute Gasteiger partial charge is 0.321 e. The zero-order valence-electron chi connectivity index (χ0n) is 18.9. The number of carbonyl (C=O) groups is 1. The maximum Gasteiger partial charge on any atom is 0.416 e. The van der Waals surface area contributed by atoms with Crippen molar-refractivity contribution in [3.8, 4) is 11.1 Å². The summed E-state index contributed by atoms with van der Waals surface area (Å²) in [5.74, 6) is -0.392. The Balaban J connectivity index is 1.67. The number of rotatable bonds is 3. The molecule has 5 rings (SSSR count). The molecule has 1 unspecified atom stereocenters. The van der Waals surface area contributed by atoms with Crippen molar-refractivity contribution in [1.29, 1.82) is 0 Å². The van der Waals surface area contributed by atoms with Gasteiger partial charge in [0.15, 0.2) is 0 Å². The lowest BCUT2D eigenvalue weighted by molar-refractivity contribution is -0.137. The minimum atomic E-state index is -4.47. The van der Waals surface area contributed by atoms with Crippen LogP contribution in [0.15, 0.2) is 82.7 Å². The van der Waals surface area contributed by atoms with E-state index >= 15 is 0 Å². The van der Waals surface area contributed by atoms with Crippen LogP contribution < -0.4 is 5.56 Å². The Bertz CT molecular complexity index is 1560. The van der Waals surface area contributed by atoms with Crippen LogP contribution in [0.25, 0.3) is 22.0 Å². The number of pyridine rings is 1. The Hall–Kier alpha value is -3.91. The predicted molar refractivity (Wildman–Crippen MR) is 133 cm³/mol. The Labute approximate surface area is 208 Å². The quantitative estimate of drug-likeness (QED) is 0.339. The number of nitrogens with zero attached hydrogens (tertiary/aromatic N) is 2. The van der Waals surface area contributed by atoms with E-state index in [4.69, 9.17) is 11.6 Å². The summed E-state index contributed by atoms with van der Waals surface area (Å²) in [5.41, 5.74) is 1.93. The molecule has 2 heterocycles. The highest BCUT2D eigenvalue weighted by Crippen LogP contribution is 2.38. The van der Waals surface area contributed by atoms with Crippen molar-refractivity contribution in [2.24, 2.45) is 5.10 Å². The molecule has 0 radical (unpaired) electrons. The third kappa shape index (κ3) is 4.28. The largest absolute Gasteiger partial charge is 0.416 e. The number of fused-ring (bicyclic) bond motifs is 1. The molecular weight excluding hydrogens is 491 g/mol. The fraction of sp³-hybridized carbons (Fsp3) is 0.148. The number of H-pyrrole nitrogens is 1. The first-order valence-corrected chi connectivity index (χ1v) is 11.5. The number of aromatic amines is 1. The summed E-state index contributed by atoms with van der Waals surface area (Å²) in [4.78, 5) is 28.7. The standard InChI is InChI=1S/C27H19ClF3N3O2/c1-15(35)34-23(16-7-9-18(10-8-16)27(29,30)31)14-22(33-34)25-24(17-5-3-2-4-6-17)20-13-19(28)11-12-21(20)32-26(25)36/h2-13,23H,14H2,1H3,(H,32,36). The van der Waals surface area contributed by atoms with E-state index < -0.39 is 23.7 Å². The van der Waals surface area contributed by atoms with Crippen LogP contribution in [0.4, 0.5) is 13.2 Å². The number of aromatic nitrogens is 1. The highest BCUT2D eigenvalue weighted by atomic mass is 35.5. The molecule has 0 fully saturated rings. The highest BCUT2D eigenvalue weighted by molar-refractivity contribution is 6.31. The minimum absolute atomic E-state index is 0.153. The Kier molecular flexibility index (Phi) is 5.92. The molecule has 3 aromatic carbocycles. The second-order valence-corrected chi connectivity index (χ2v) is 8.95. The summed E-state index contributed by atoms with van der Waals surface area (Å²) in [7, 11) is 0. The molecule has 0 saturated heterocycles. The average Bonchev–Trinajstić information content (AvgIpc) is 3.29. The molecule has 0 bridgehead atoms. The van der Waals surface area contributed by atoms with Crippen LogP contribution in [0.2, 0.25) is 5.02 Å². The third-order valence-electron chi connectivity index (χ3n) is 6.18. The van der Waals surface area contributed by atoms with Gasteiger partial charge in [0.1, 0.15) is 0 Å². The van der Waals surface area contributed by atoms with Crippen molar-refractivity contribution < 1.29 is 18.0 Å². The van der Waals surface area contributed by atoms with E-state index in [9.17, 15) is 22.8 Å². The third-order valence-corrected chi connectivity index (χ3v) is 6.42. The van der Waals surface area contributed by atoms with Gasteiger partial charge in [0, 0.05) is 34.8 Å². The van der Waals surface area contributed by atoms with Crippen LogP contribution in [0.3, 0.4) is 0 Å². The summed E-state index contributed by atoms with van der Waals surface area (Å²) >= 11 is 6.29. The molecule has 0 saturated carbocycles. The monoisotopic (exact) mass is 509 g/mol. The lowest BCUT2D eigenvalue weighted by atomic mass is 9.91. The molecule has 1 atom stereocenters. The number of nitrogens with one attached hydrogen (secondary N) is 1. The van der Waals surface area contributed by atoms with Gasteiger partial charge in [0.05, 0.1) is 22.9 Å². The van der Waals surface area contributed by atoms with E-state index in [-0.39, 0.29) is 17.5 Å². The van der Waals surface area contributed by atoms with Gasteiger partial charge in [-0.2, -0.15) is 18.3 Å². The van der Waals surface area contributed by atoms with Crippen LogP contribution in [0.1, 0.15) is 36.1 Å². The van der Waals surface area contributed by atoms with E-state index in [0.717, 1.165) is 17.7 Å². The molecule has 1 aliphatic rings. The normalized spacial score (nSPS) is 15.9. The molecule has 182 valence electrons. The molecule has 5 nitrogen and oxygen atoms in total. The molecule has 1 N–H and O–H groups in total. The number of halogens is 4. The fourth-order valence-electron chi connectivity index (χ4n) is 4.55. The van der Waals surface area contributed by atoms with E-state index in [1.54, 1.807) is 18.2 Å². The Morgan fingerprint density at radius 1 is 1.03 bits per heavy atom. The first kappa shape index (κ1) is 23.8. The number of hydrazone groups is 1. The van der Waals surface area contributed by atoms with Crippen molar-refractivity contribution in [2.45, 2.75) is 25.6 Å². The van der Waals surface area contributed by atoms with Gasteiger partial charge in [-0.05, 0) is 41.5 Å². The van der Waals surface area contributed by atoms with Gasteiger partial charge in [-0.15, -0.1) is 0 Å². The van der Waals surface area contributed by atoms with Gasteiger partial charge in [0.25, 0.3) is 5.56 Å². The molecule has 1 amide bonds.